The number of nitrogens with two attached hydrogens (primary N) is 1. The summed E-state index contributed by atoms with van der Waals surface area (Å²) >= 11 is 0. The Hall–Kier alpha value is -3.42. The van der Waals surface area contributed by atoms with E-state index in [1.165, 1.54) is 19.1 Å². The molecule has 2 aromatic rings. The van der Waals surface area contributed by atoms with Gasteiger partial charge in [-0.05, 0) is 74.8 Å². The Morgan fingerprint density at radius 2 is 1.97 bits per heavy atom. The predicted molar refractivity (Wildman–Crippen MR) is 128 cm³/mol. The number of piperidine rings is 1. The molecule has 1 aliphatic heterocycles. The SMILES string of the molecule is CC(=O)c1cccc(NC(=O)NCCC[C@H]2C[C@@H](Cc3ccc(F)cc3)CCN2C(=N)N)c1. The van der Waals surface area contributed by atoms with Crippen molar-refractivity contribution in [1.82, 2.24) is 10.2 Å². The van der Waals surface area contributed by atoms with E-state index in [1.807, 2.05) is 17.0 Å². The maximum Gasteiger partial charge on any atom is 0.319 e. The number of nitrogens with one attached hydrogen (secondary N) is 3. The Bertz CT molecular complexity index is 979. The molecule has 3 rings (SSSR count). The van der Waals surface area contributed by atoms with Crippen molar-refractivity contribution in [1.29, 1.82) is 5.41 Å². The zero-order valence-corrected chi connectivity index (χ0v) is 18.9. The Kier molecular flexibility index (Phi) is 8.40. The minimum atomic E-state index is -0.322. The van der Waals surface area contributed by atoms with E-state index in [1.54, 1.807) is 24.3 Å². The number of ketones is 1. The highest BCUT2D eigenvalue weighted by Gasteiger charge is 2.29. The zero-order valence-electron chi connectivity index (χ0n) is 18.9. The van der Waals surface area contributed by atoms with Gasteiger partial charge in [0.1, 0.15) is 5.82 Å². The Balaban J connectivity index is 1.46. The Labute approximate surface area is 194 Å². The van der Waals surface area contributed by atoms with Gasteiger partial charge < -0.3 is 21.3 Å². The molecule has 1 fully saturated rings. The van der Waals surface area contributed by atoms with Crippen molar-refractivity contribution in [3.8, 4) is 0 Å². The molecule has 1 saturated heterocycles. The molecule has 2 amide bonds. The molecular formula is C25H32FN5O2. The number of hydrogen-bond donors (Lipinski definition) is 4. The summed E-state index contributed by atoms with van der Waals surface area (Å²) in [5, 5.41) is 13.5. The van der Waals surface area contributed by atoms with Crippen LogP contribution in [0.3, 0.4) is 0 Å². The summed E-state index contributed by atoms with van der Waals surface area (Å²) in [6, 6.07) is 13.3. The predicted octanol–water partition coefficient (Wildman–Crippen LogP) is 4.15. The van der Waals surface area contributed by atoms with Crippen LogP contribution in [0.1, 0.15) is 48.5 Å². The van der Waals surface area contributed by atoms with Gasteiger partial charge in [-0.1, -0.05) is 24.3 Å². The standard InChI is InChI=1S/C25H32FN5O2/c1-17(32)20-4-2-5-22(16-20)30-25(33)29-12-3-6-23-15-19(11-13-31(23)24(27)28)14-18-7-9-21(26)10-8-18/h2,4-5,7-10,16,19,23H,3,6,11-15H2,1H3,(H3,27,28)(H2,29,30,33)/t19-,23+/m1/s1. The molecule has 0 saturated carbocycles. The summed E-state index contributed by atoms with van der Waals surface area (Å²) in [6.45, 7) is 2.70. The van der Waals surface area contributed by atoms with Gasteiger partial charge in [-0.15, -0.1) is 0 Å². The van der Waals surface area contributed by atoms with Gasteiger partial charge >= 0.3 is 6.03 Å². The van der Waals surface area contributed by atoms with Crippen LogP contribution in [0.4, 0.5) is 14.9 Å². The van der Waals surface area contributed by atoms with E-state index < -0.39 is 0 Å². The van der Waals surface area contributed by atoms with Crippen LogP contribution in [0.5, 0.6) is 0 Å². The van der Waals surface area contributed by atoms with Crippen LogP contribution in [0.2, 0.25) is 0 Å². The van der Waals surface area contributed by atoms with Crippen LogP contribution in [0, 0.1) is 17.1 Å². The molecule has 1 heterocycles. The lowest BCUT2D eigenvalue weighted by atomic mass is 9.84. The number of nitrogens with zero attached hydrogens (tertiary/aromatic N) is 1. The van der Waals surface area contributed by atoms with E-state index in [-0.39, 0.29) is 29.6 Å². The first-order chi connectivity index (χ1) is 15.8. The lowest BCUT2D eigenvalue weighted by molar-refractivity contribution is 0.101. The van der Waals surface area contributed by atoms with Gasteiger partial charge in [0.05, 0.1) is 0 Å². The van der Waals surface area contributed by atoms with E-state index >= 15 is 0 Å². The number of halogens is 1. The third-order valence-corrected chi connectivity index (χ3v) is 6.10. The Morgan fingerprint density at radius 1 is 1.21 bits per heavy atom. The second kappa shape index (κ2) is 11.4. The fourth-order valence-electron chi connectivity index (χ4n) is 4.39. The molecule has 8 heteroatoms. The van der Waals surface area contributed by atoms with Crippen LogP contribution in [-0.2, 0) is 6.42 Å². The van der Waals surface area contributed by atoms with Crippen molar-refractivity contribution in [2.45, 2.75) is 45.1 Å². The molecule has 0 aromatic heterocycles. The first-order valence-corrected chi connectivity index (χ1v) is 11.3. The first kappa shape index (κ1) is 24.2. The molecule has 2 atom stereocenters. The molecule has 0 spiro atoms. The third kappa shape index (κ3) is 7.30. The molecule has 7 nitrogen and oxygen atoms in total. The summed E-state index contributed by atoms with van der Waals surface area (Å²) in [7, 11) is 0. The second-order valence-electron chi connectivity index (χ2n) is 8.61. The highest BCUT2D eigenvalue weighted by atomic mass is 19.1. The van der Waals surface area contributed by atoms with Gasteiger partial charge in [0, 0.05) is 30.4 Å². The number of urea groups is 1. The van der Waals surface area contributed by atoms with Crippen molar-refractivity contribution >= 4 is 23.5 Å². The second-order valence-corrected chi connectivity index (χ2v) is 8.61. The molecule has 0 radical (unpaired) electrons. The molecule has 0 unspecified atom stereocenters. The number of rotatable bonds is 8. The fourth-order valence-corrected chi connectivity index (χ4v) is 4.39. The van der Waals surface area contributed by atoms with Crippen LogP contribution < -0.4 is 16.4 Å². The average Bonchev–Trinajstić information content (AvgIpc) is 2.78. The van der Waals surface area contributed by atoms with Crippen LogP contribution in [-0.4, -0.2) is 41.8 Å². The number of hydrogen-bond acceptors (Lipinski definition) is 3. The van der Waals surface area contributed by atoms with Gasteiger partial charge in [-0.3, -0.25) is 10.2 Å². The van der Waals surface area contributed by atoms with Gasteiger partial charge in [-0.25, -0.2) is 9.18 Å². The zero-order chi connectivity index (χ0) is 23.8. The van der Waals surface area contributed by atoms with Crippen LogP contribution >= 0.6 is 0 Å². The van der Waals surface area contributed by atoms with Crippen molar-refractivity contribution in [2.24, 2.45) is 11.7 Å². The minimum absolute atomic E-state index is 0.0562. The van der Waals surface area contributed by atoms with Gasteiger partial charge in [-0.2, -0.15) is 0 Å². The van der Waals surface area contributed by atoms with Crippen molar-refractivity contribution in [2.75, 3.05) is 18.4 Å². The molecule has 5 N–H and O–H groups in total. The smallest absolute Gasteiger partial charge is 0.319 e. The largest absolute Gasteiger partial charge is 0.370 e. The highest BCUT2D eigenvalue weighted by Crippen LogP contribution is 2.28. The number of Topliss-reactive ketones (excluding diaryl/α,β-unsaturated/α-hetero) is 1. The number of anilines is 1. The summed E-state index contributed by atoms with van der Waals surface area (Å²) in [5.74, 6) is 0.238. The number of carbonyl (C=O) groups is 2. The van der Waals surface area contributed by atoms with Crippen molar-refractivity contribution in [3.05, 3.63) is 65.5 Å². The van der Waals surface area contributed by atoms with E-state index in [2.05, 4.69) is 10.6 Å². The molecule has 2 aromatic carbocycles. The molecule has 0 bridgehead atoms. The number of guanidine groups is 1. The van der Waals surface area contributed by atoms with Gasteiger partial charge in [0.25, 0.3) is 0 Å². The molecular weight excluding hydrogens is 421 g/mol. The minimum Gasteiger partial charge on any atom is -0.370 e. The topological polar surface area (TPSA) is 111 Å². The summed E-state index contributed by atoms with van der Waals surface area (Å²) < 4.78 is 13.2. The van der Waals surface area contributed by atoms with Crippen molar-refractivity contribution < 1.29 is 14.0 Å². The molecule has 1 aliphatic rings. The van der Waals surface area contributed by atoms with E-state index in [0.717, 1.165) is 44.2 Å². The number of benzene rings is 2. The van der Waals surface area contributed by atoms with Gasteiger partial charge in [0.15, 0.2) is 11.7 Å². The van der Waals surface area contributed by atoms with Gasteiger partial charge in [0.2, 0.25) is 0 Å². The summed E-state index contributed by atoms with van der Waals surface area (Å²) in [4.78, 5) is 25.6. The lowest BCUT2D eigenvalue weighted by Gasteiger charge is -2.40. The maximum absolute atomic E-state index is 13.2. The number of carbonyl (C=O) groups excluding carboxylic acids is 2. The lowest BCUT2D eigenvalue weighted by Crippen LogP contribution is -2.49. The summed E-state index contributed by atoms with van der Waals surface area (Å²) in [6.07, 6.45) is 4.27. The van der Waals surface area contributed by atoms with Crippen LogP contribution in [0.25, 0.3) is 0 Å². The van der Waals surface area contributed by atoms with Crippen LogP contribution in [0.15, 0.2) is 48.5 Å². The fraction of sp³-hybridized carbons (Fsp3) is 0.400. The van der Waals surface area contributed by atoms with E-state index in [0.29, 0.717) is 23.7 Å². The quantitative estimate of drug-likeness (QED) is 0.208. The number of likely N-dealkylation sites (tertiary alicyclic amines) is 1. The molecule has 33 heavy (non-hydrogen) atoms. The monoisotopic (exact) mass is 453 g/mol. The average molecular weight is 454 g/mol. The van der Waals surface area contributed by atoms with E-state index in [9.17, 15) is 14.0 Å². The summed E-state index contributed by atoms with van der Waals surface area (Å²) in [5.41, 5.74) is 8.04. The highest BCUT2D eigenvalue weighted by molar-refractivity contribution is 5.96. The van der Waals surface area contributed by atoms with E-state index in [4.69, 9.17) is 11.1 Å². The molecule has 176 valence electrons. The molecule has 0 aliphatic carbocycles. The third-order valence-electron chi connectivity index (χ3n) is 6.10. The Morgan fingerprint density at radius 3 is 2.67 bits per heavy atom. The normalized spacial score (nSPS) is 17.9. The van der Waals surface area contributed by atoms with Crippen molar-refractivity contribution in [3.63, 3.8) is 0 Å². The first-order valence-electron chi connectivity index (χ1n) is 11.3. The maximum atomic E-state index is 13.2. The number of amides is 2.